The van der Waals surface area contributed by atoms with Crippen molar-refractivity contribution in [2.75, 3.05) is 12.3 Å². The molecule has 10 heteroatoms. The topological polar surface area (TPSA) is 91.4 Å². The molecule has 0 aliphatic rings. The first-order valence-electron chi connectivity index (χ1n) is 8.20. The van der Waals surface area contributed by atoms with Crippen molar-refractivity contribution < 1.29 is 30.8 Å². The summed E-state index contributed by atoms with van der Waals surface area (Å²) in [6.45, 7) is -1.85. The number of unbranched alkanes of at least 4 members (excludes halogenated alkanes) is 1. The second kappa shape index (κ2) is 8.93. The summed E-state index contributed by atoms with van der Waals surface area (Å²) < 4.78 is 67.9. The van der Waals surface area contributed by atoms with Gasteiger partial charge in [0.1, 0.15) is 12.3 Å². The summed E-state index contributed by atoms with van der Waals surface area (Å²) in [7, 11) is -3.64. The zero-order chi connectivity index (χ0) is 20.8. The third kappa shape index (κ3) is 6.13. The average Bonchev–Trinajstić information content (AvgIpc) is 3.13. The van der Waals surface area contributed by atoms with Crippen molar-refractivity contribution in [3.8, 4) is 6.07 Å². The fourth-order valence-electron chi connectivity index (χ4n) is 2.45. The summed E-state index contributed by atoms with van der Waals surface area (Å²) in [4.78, 5) is 13.0. The number of carbonyl (C=O) groups is 1. The first-order valence-corrected chi connectivity index (χ1v) is 9.86. The van der Waals surface area contributed by atoms with Crippen molar-refractivity contribution in [2.24, 2.45) is 0 Å². The molecule has 6 nitrogen and oxygen atoms in total. The predicted octanol–water partition coefficient (Wildman–Crippen LogP) is 3.56. The lowest BCUT2D eigenvalue weighted by atomic mass is 10.2. The minimum Gasteiger partial charge on any atom is -0.467 e. The highest BCUT2D eigenvalue weighted by Crippen LogP contribution is 2.21. The van der Waals surface area contributed by atoms with Crippen molar-refractivity contribution in [3.63, 3.8) is 0 Å². The zero-order valence-corrected chi connectivity index (χ0v) is 15.5. The minimum absolute atomic E-state index is 0.0598. The Morgan fingerprint density at radius 3 is 2.39 bits per heavy atom. The molecule has 1 heterocycles. The van der Waals surface area contributed by atoms with Gasteiger partial charge in [0.25, 0.3) is 5.91 Å². The van der Waals surface area contributed by atoms with Crippen molar-refractivity contribution in [1.82, 2.24) is 4.90 Å². The van der Waals surface area contributed by atoms with E-state index in [4.69, 9.17) is 9.68 Å². The molecule has 1 amide bonds. The number of sulfone groups is 1. The molecule has 2 rings (SSSR count). The monoisotopic (exact) mass is 414 g/mol. The maximum absolute atomic E-state index is 12.9. The maximum Gasteiger partial charge on any atom is 0.406 e. The van der Waals surface area contributed by atoms with Gasteiger partial charge in [0.15, 0.2) is 9.84 Å². The van der Waals surface area contributed by atoms with Crippen molar-refractivity contribution >= 4 is 15.7 Å². The van der Waals surface area contributed by atoms with E-state index in [2.05, 4.69) is 0 Å². The van der Waals surface area contributed by atoms with Gasteiger partial charge in [-0.25, -0.2) is 8.42 Å². The lowest BCUT2D eigenvalue weighted by molar-refractivity contribution is -0.142. The SMILES string of the molecule is N#CCCCS(=O)(=O)c1ccc(C(=O)N(Cc2ccco2)CC(F)(F)F)cc1. The molecule has 28 heavy (non-hydrogen) atoms. The van der Waals surface area contributed by atoms with Gasteiger partial charge < -0.3 is 9.32 Å². The summed E-state index contributed by atoms with van der Waals surface area (Å²) in [5.41, 5.74) is -0.0771. The molecule has 0 saturated carbocycles. The molecule has 0 aliphatic carbocycles. The first kappa shape index (κ1) is 21.5. The van der Waals surface area contributed by atoms with Gasteiger partial charge in [0, 0.05) is 12.0 Å². The van der Waals surface area contributed by atoms with Gasteiger partial charge in [-0.05, 0) is 42.8 Å². The van der Waals surface area contributed by atoms with Crippen LogP contribution in [0, 0.1) is 11.3 Å². The van der Waals surface area contributed by atoms with Gasteiger partial charge in [-0.3, -0.25) is 4.79 Å². The van der Waals surface area contributed by atoms with Gasteiger partial charge in [-0.15, -0.1) is 0 Å². The Morgan fingerprint density at radius 1 is 1.18 bits per heavy atom. The van der Waals surface area contributed by atoms with Crippen LogP contribution in [0.4, 0.5) is 13.2 Å². The van der Waals surface area contributed by atoms with E-state index in [0.717, 1.165) is 0 Å². The summed E-state index contributed by atoms with van der Waals surface area (Å²) in [6, 6.07) is 9.49. The summed E-state index contributed by atoms with van der Waals surface area (Å²) >= 11 is 0. The lowest BCUT2D eigenvalue weighted by Gasteiger charge is -2.23. The molecule has 0 atom stereocenters. The van der Waals surface area contributed by atoms with E-state index in [9.17, 15) is 26.4 Å². The van der Waals surface area contributed by atoms with E-state index in [1.807, 2.05) is 6.07 Å². The first-order chi connectivity index (χ1) is 13.1. The Hall–Kier alpha value is -2.80. The van der Waals surface area contributed by atoms with Crippen molar-refractivity contribution in [1.29, 1.82) is 5.26 Å². The number of hydrogen-bond donors (Lipinski definition) is 0. The predicted molar refractivity (Wildman–Crippen MR) is 92.8 cm³/mol. The third-order valence-electron chi connectivity index (χ3n) is 3.75. The van der Waals surface area contributed by atoms with Crippen LogP contribution in [0.1, 0.15) is 29.0 Å². The van der Waals surface area contributed by atoms with E-state index in [0.29, 0.717) is 4.90 Å². The molecule has 2 aromatic rings. The molecule has 0 bridgehead atoms. The molecule has 0 saturated heterocycles. The average molecular weight is 414 g/mol. The maximum atomic E-state index is 12.9. The molecule has 1 aromatic heterocycles. The Labute approximate surface area is 160 Å². The fourth-order valence-corrected chi connectivity index (χ4v) is 3.76. The van der Waals surface area contributed by atoms with E-state index in [1.165, 1.54) is 42.7 Å². The van der Waals surface area contributed by atoms with Crippen LogP contribution < -0.4 is 0 Å². The molecule has 150 valence electrons. The van der Waals surface area contributed by atoms with Gasteiger partial charge in [-0.1, -0.05) is 0 Å². The molecular formula is C18H17F3N2O4S. The normalized spacial score (nSPS) is 11.8. The highest BCUT2D eigenvalue weighted by atomic mass is 32.2. The number of furan rings is 1. The number of amides is 1. The second-order valence-corrected chi connectivity index (χ2v) is 8.07. The molecule has 0 fully saturated rings. The second-order valence-electron chi connectivity index (χ2n) is 5.96. The highest BCUT2D eigenvalue weighted by Gasteiger charge is 2.34. The highest BCUT2D eigenvalue weighted by molar-refractivity contribution is 7.91. The van der Waals surface area contributed by atoms with E-state index in [-0.39, 0.29) is 41.4 Å². The Morgan fingerprint density at radius 2 is 1.86 bits per heavy atom. The summed E-state index contributed by atoms with van der Waals surface area (Å²) in [5.74, 6) is -0.941. The molecule has 0 N–H and O–H groups in total. The van der Waals surface area contributed by atoms with Crippen LogP contribution >= 0.6 is 0 Å². The van der Waals surface area contributed by atoms with E-state index < -0.39 is 28.5 Å². The third-order valence-corrected chi connectivity index (χ3v) is 5.56. The van der Waals surface area contributed by atoms with Crippen molar-refractivity contribution in [2.45, 2.75) is 30.5 Å². The number of rotatable bonds is 8. The number of nitriles is 1. The minimum atomic E-state index is -4.60. The van der Waals surface area contributed by atoms with Crippen LogP contribution in [0.15, 0.2) is 52.0 Å². The summed E-state index contributed by atoms with van der Waals surface area (Å²) in [6.07, 6.45) is -3.05. The molecule has 0 unspecified atom stereocenters. The molecular weight excluding hydrogens is 397 g/mol. The van der Waals surface area contributed by atoms with E-state index >= 15 is 0 Å². The number of halogens is 3. The molecule has 0 aliphatic heterocycles. The number of benzene rings is 1. The van der Waals surface area contributed by atoms with Crippen molar-refractivity contribution in [3.05, 3.63) is 54.0 Å². The number of carbonyl (C=O) groups excluding carboxylic acids is 1. The van der Waals surface area contributed by atoms with Gasteiger partial charge in [0.05, 0.1) is 29.5 Å². The molecule has 0 spiro atoms. The van der Waals surface area contributed by atoms with Gasteiger partial charge in [-0.2, -0.15) is 18.4 Å². The van der Waals surface area contributed by atoms with Crippen LogP contribution in [0.5, 0.6) is 0 Å². The Bertz CT molecular complexity index is 931. The van der Waals surface area contributed by atoms with Crippen LogP contribution in [-0.2, 0) is 16.4 Å². The largest absolute Gasteiger partial charge is 0.467 e. The zero-order valence-electron chi connectivity index (χ0n) is 14.6. The number of nitrogens with zero attached hydrogens (tertiary/aromatic N) is 2. The van der Waals surface area contributed by atoms with E-state index in [1.54, 1.807) is 0 Å². The van der Waals surface area contributed by atoms with Gasteiger partial charge >= 0.3 is 6.18 Å². The van der Waals surface area contributed by atoms with Crippen LogP contribution in [0.3, 0.4) is 0 Å². The Kier molecular flexibility index (Phi) is 6.85. The number of hydrogen-bond acceptors (Lipinski definition) is 5. The fraction of sp³-hybridized carbons (Fsp3) is 0.333. The lowest BCUT2D eigenvalue weighted by Crippen LogP contribution is -2.38. The summed E-state index contributed by atoms with van der Waals surface area (Å²) in [5, 5.41) is 8.48. The van der Waals surface area contributed by atoms with Crippen LogP contribution in [0.2, 0.25) is 0 Å². The smallest absolute Gasteiger partial charge is 0.406 e. The van der Waals surface area contributed by atoms with Crippen LogP contribution in [0.25, 0.3) is 0 Å². The molecule has 1 aromatic carbocycles. The van der Waals surface area contributed by atoms with Gasteiger partial charge in [0.2, 0.25) is 0 Å². The quantitative estimate of drug-likeness (QED) is 0.616. The standard InChI is InChI=1S/C18H17F3N2O4S/c19-18(20,21)13-23(12-15-4-3-10-27-15)17(24)14-5-7-16(8-6-14)28(25,26)11-2-1-9-22/h3-8,10H,1-2,11-13H2. The number of alkyl halides is 3. The van der Waals surface area contributed by atoms with Crippen LogP contribution in [-0.4, -0.2) is 37.7 Å². The molecule has 0 radical (unpaired) electrons. The Balaban J connectivity index is 2.19.